The van der Waals surface area contributed by atoms with Gasteiger partial charge in [0.2, 0.25) is 0 Å². The first-order valence-corrected chi connectivity index (χ1v) is 4.54. The van der Waals surface area contributed by atoms with Crippen LogP contribution >= 0.6 is 31.9 Å². The van der Waals surface area contributed by atoms with Crippen LogP contribution in [0.1, 0.15) is 5.56 Å². The molecule has 0 amide bonds. The van der Waals surface area contributed by atoms with Gasteiger partial charge in [-0.05, 0) is 44.0 Å². The Morgan fingerprint density at radius 1 is 1.27 bits per heavy atom. The Kier molecular flexibility index (Phi) is 2.73. The van der Waals surface area contributed by atoms with Gasteiger partial charge < -0.3 is 5.11 Å². The second-order valence-corrected chi connectivity index (χ2v) is 3.74. The Balaban J connectivity index is 3.36. The van der Waals surface area contributed by atoms with Crippen LogP contribution in [0.2, 0.25) is 0 Å². The van der Waals surface area contributed by atoms with Crippen molar-refractivity contribution < 1.29 is 5.11 Å². The third kappa shape index (κ3) is 1.84. The van der Waals surface area contributed by atoms with Crippen molar-refractivity contribution in [2.45, 2.75) is 0 Å². The van der Waals surface area contributed by atoms with E-state index in [1.54, 1.807) is 18.2 Å². The van der Waals surface area contributed by atoms with Gasteiger partial charge in [-0.3, -0.25) is 0 Å². The van der Waals surface area contributed by atoms with Crippen LogP contribution in [0.3, 0.4) is 0 Å². The molecule has 0 aliphatic heterocycles. The SMILES string of the molecule is C=Cc1c(Br)cc(O)cc1Br. The molecule has 0 unspecified atom stereocenters. The molecule has 1 aromatic carbocycles. The van der Waals surface area contributed by atoms with Gasteiger partial charge in [-0.25, -0.2) is 0 Å². The molecule has 0 bridgehead atoms. The topological polar surface area (TPSA) is 20.2 Å². The minimum Gasteiger partial charge on any atom is -0.508 e. The van der Waals surface area contributed by atoms with E-state index in [0.717, 1.165) is 14.5 Å². The van der Waals surface area contributed by atoms with E-state index in [4.69, 9.17) is 5.11 Å². The summed E-state index contributed by atoms with van der Waals surface area (Å²) in [7, 11) is 0. The van der Waals surface area contributed by atoms with Crippen molar-refractivity contribution in [3.63, 3.8) is 0 Å². The lowest BCUT2D eigenvalue weighted by Gasteiger charge is -2.01. The zero-order chi connectivity index (χ0) is 8.43. The summed E-state index contributed by atoms with van der Waals surface area (Å²) >= 11 is 6.59. The van der Waals surface area contributed by atoms with Gasteiger partial charge in [0.25, 0.3) is 0 Å². The van der Waals surface area contributed by atoms with Gasteiger partial charge in [0.15, 0.2) is 0 Å². The number of aromatic hydroxyl groups is 1. The first kappa shape index (κ1) is 8.81. The smallest absolute Gasteiger partial charge is 0.117 e. The zero-order valence-electron chi connectivity index (χ0n) is 5.64. The molecule has 11 heavy (non-hydrogen) atoms. The van der Waals surface area contributed by atoms with E-state index in [2.05, 4.69) is 38.4 Å². The summed E-state index contributed by atoms with van der Waals surface area (Å²) in [5.41, 5.74) is 0.947. The van der Waals surface area contributed by atoms with Crippen molar-refractivity contribution in [1.29, 1.82) is 0 Å². The predicted molar refractivity (Wildman–Crippen MR) is 53.6 cm³/mol. The van der Waals surface area contributed by atoms with Crippen molar-refractivity contribution in [3.8, 4) is 5.75 Å². The molecule has 58 valence electrons. The second kappa shape index (κ2) is 3.41. The standard InChI is InChI=1S/C8H6Br2O/c1-2-6-7(9)3-5(11)4-8(6)10/h2-4,11H,1H2. The minimum atomic E-state index is 0.231. The highest BCUT2D eigenvalue weighted by Crippen LogP contribution is 2.30. The summed E-state index contributed by atoms with van der Waals surface area (Å²) in [6.07, 6.45) is 1.72. The molecule has 3 heteroatoms. The van der Waals surface area contributed by atoms with E-state index in [9.17, 15) is 0 Å². The summed E-state index contributed by atoms with van der Waals surface area (Å²) in [5, 5.41) is 9.12. The van der Waals surface area contributed by atoms with E-state index < -0.39 is 0 Å². The highest BCUT2D eigenvalue weighted by Gasteiger charge is 2.02. The number of phenols is 1. The quantitative estimate of drug-likeness (QED) is 0.832. The van der Waals surface area contributed by atoms with Crippen molar-refractivity contribution >= 4 is 37.9 Å². The zero-order valence-corrected chi connectivity index (χ0v) is 8.81. The molecule has 0 saturated heterocycles. The summed E-state index contributed by atoms with van der Waals surface area (Å²) in [5.74, 6) is 0.231. The molecular weight excluding hydrogens is 272 g/mol. The van der Waals surface area contributed by atoms with Gasteiger partial charge in [0.1, 0.15) is 5.75 Å². The summed E-state index contributed by atoms with van der Waals surface area (Å²) in [4.78, 5) is 0. The Bertz CT molecular complexity index is 271. The lowest BCUT2D eigenvalue weighted by Crippen LogP contribution is -1.77. The fourth-order valence-corrected chi connectivity index (χ4v) is 2.25. The maximum absolute atomic E-state index is 9.12. The van der Waals surface area contributed by atoms with Crippen molar-refractivity contribution in [3.05, 3.63) is 33.2 Å². The number of halogens is 2. The Morgan fingerprint density at radius 3 is 2.09 bits per heavy atom. The van der Waals surface area contributed by atoms with Gasteiger partial charge in [0, 0.05) is 14.5 Å². The van der Waals surface area contributed by atoms with Crippen LogP contribution in [-0.2, 0) is 0 Å². The van der Waals surface area contributed by atoms with Gasteiger partial charge in [0.05, 0.1) is 0 Å². The molecule has 1 rings (SSSR count). The fourth-order valence-electron chi connectivity index (χ4n) is 0.766. The van der Waals surface area contributed by atoms with Crippen LogP contribution < -0.4 is 0 Å². The molecule has 0 aromatic heterocycles. The van der Waals surface area contributed by atoms with Crippen LogP contribution in [0.5, 0.6) is 5.75 Å². The molecule has 0 fully saturated rings. The summed E-state index contributed by atoms with van der Waals surface area (Å²) in [6, 6.07) is 3.25. The number of benzene rings is 1. The van der Waals surface area contributed by atoms with E-state index in [1.807, 2.05) is 0 Å². The Morgan fingerprint density at radius 2 is 1.73 bits per heavy atom. The van der Waals surface area contributed by atoms with Crippen molar-refractivity contribution in [2.75, 3.05) is 0 Å². The lowest BCUT2D eigenvalue weighted by atomic mass is 10.2. The van der Waals surface area contributed by atoms with Gasteiger partial charge >= 0.3 is 0 Å². The highest BCUT2D eigenvalue weighted by molar-refractivity contribution is 9.11. The Labute approximate surface area is 82.0 Å². The molecule has 1 nitrogen and oxygen atoms in total. The molecule has 0 aliphatic rings. The van der Waals surface area contributed by atoms with Crippen LogP contribution in [-0.4, -0.2) is 5.11 Å². The molecule has 0 atom stereocenters. The molecular formula is C8H6Br2O. The van der Waals surface area contributed by atoms with Crippen LogP contribution in [0.15, 0.2) is 27.7 Å². The monoisotopic (exact) mass is 276 g/mol. The fraction of sp³-hybridized carbons (Fsp3) is 0. The highest BCUT2D eigenvalue weighted by atomic mass is 79.9. The van der Waals surface area contributed by atoms with E-state index in [1.165, 1.54) is 0 Å². The first-order valence-electron chi connectivity index (χ1n) is 2.95. The molecule has 0 saturated carbocycles. The average molecular weight is 278 g/mol. The summed E-state index contributed by atoms with van der Waals surface area (Å²) in [6.45, 7) is 3.64. The Hall–Kier alpha value is -0.280. The number of rotatable bonds is 1. The molecule has 0 spiro atoms. The van der Waals surface area contributed by atoms with E-state index >= 15 is 0 Å². The van der Waals surface area contributed by atoms with Gasteiger partial charge in [-0.1, -0.05) is 12.7 Å². The van der Waals surface area contributed by atoms with Crippen LogP contribution in [0.4, 0.5) is 0 Å². The van der Waals surface area contributed by atoms with E-state index in [0.29, 0.717) is 0 Å². The number of hydrogen-bond donors (Lipinski definition) is 1. The lowest BCUT2D eigenvalue weighted by molar-refractivity contribution is 0.474. The number of phenolic OH excluding ortho intramolecular Hbond substituents is 1. The van der Waals surface area contributed by atoms with Crippen LogP contribution in [0.25, 0.3) is 6.08 Å². The third-order valence-corrected chi connectivity index (χ3v) is 2.58. The number of hydrogen-bond acceptors (Lipinski definition) is 1. The predicted octanol–water partition coefficient (Wildman–Crippen LogP) is 3.56. The average Bonchev–Trinajstić information content (AvgIpc) is 1.85. The molecule has 1 aromatic rings. The molecule has 0 aliphatic carbocycles. The molecule has 0 heterocycles. The minimum absolute atomic E-state index is 0.231. The van der Waals surface area contributed by atoms with Crippen molar-refractivity contribution in [2.24, 2.45) is 0 Å². The van der Waals surface area contributed by atoms with Crippen molar-refractivity contribution in [1.82, 2.24) is 0 Å². The maximum atomic E-state index is 9.12. The largest absolute Gasteiger partial charge is 0.508 e. The van der Waals surface area contributed by atoms with E-state index in [-0.39, 0.29) is 5.75 Å². The molecule has 1 N–H and O–H groups in total. The second-order valence-electron chi connectivity index (χ2n) is 2.03. The first-order chi connectivity index (χ1) is 5.15. The van der Waals surface area contributed by atoms with Gasteiger partial charge in [-0.2, -0.15) is 0 Å². The summed E-state index contributed by atoms with van der Waals surface area (Å²) < 4.78 is 1.67. The van der Waals surface area contributed by atoms with Crippen LogP contribution in [0, 0.1) is 0 Å². The normalized spacial score (nSPS) is 9.64. The third-order valence-electron chi connectivity index (χ3n) is 1.27. The maximum Gasteiger partial charge on any atom is 0.117 e. The molecule has 0 radical (unpaired) electrons. The van der Waals surface area contributed by atoms with Gasteiger partial charge in [-0.15, -0.1) is 0 Å².